The standard InChI is InChI=1S/C10H9BrO3/c1-6(12)9(10(13)14)7-2-4-8(11)5-3-7/h2-5,9H,1H3,(H,13,14). The molecule has 0 aromatic heterocycles. The fraction of sp³-hybridized carbons (Fsp3) is 0.200. The van der Waals surface area contributed by atoms with Gasteiger partial charge in [0.05, 0.1) is 0 Å². The fourth-order valence-electron chi connectivity index (χ4n) is 1.21. The molecular formula is C10H9BrO3. The summed E-state index contributed by atoms with van der Waals surface area (Å²) < 4.78 is 0.856. The van der Waals surface area contributed by atoms with Gasteiger partial charge in [0.1, 0.15) is 11.7 Å². The monoisotopic (exact) mass is 256 g/mol. The normalized spacial score (nSPS) is 12.1. The number of ketones is 1. The lowest BCUT2D eigenvalue weighted by Gasteiger charge is -2.08. The van der Waals surface area contributed by atoms with Crippen molar-refractivity contribution in [1.82, 2.24) is 0 Å². The predicted octanol–water partition coefficient (Wildman–Crippen LogP) is 2.21. The molecule has 0 fully saturated rings. The van der Waals surface area contributed by atoms with Crippen LogP contribution in [-0.2, 0) is 9.59 Å². The summed E-state index contributed by atoms with van der Waals surface area (Å²) in [5.74, 6) is -2.53. The minimum absolute atomic E-state index is 0.361. The Kier molecular flexibility index (Phi) is 3.41. The molecule has 0 bridgehead atoms. The van der Waals surface area contributed by atoms with Crippen LogP contribution in [0, 0.1) is 0 Å². The summed E-state index contributed by atoms with van der Waals surface area (Å²) in [7, 11) is 0. The van der Waals surface area contributed by atoms with Gasteiger partial charge in [0.25, 0.3) is 0 Å². The molecule has 1 unspecified atom stereocenters. The number of hydrogen-bond acceptors (Lipinski definition) is 2. The molecule has 0 saturated carbocycles. The van der Waals surface area contributed by atoms with E-state index in [-0.39, 0.29) is 5.78 Å². The maximum absolute atomic E-state index is 11.1. The van der Waals surface area contributed by atoms with E-state index in [0.29, 0.717) is 5.56 Å². The smallest absolute Gasteiger partial charge is 0.318 e. The predicted molar refractivity (Wildman–Crippen MR) is 55.2 cm³/mol. The van der Waals surface area contributed by atoms with Crippen LogP contribution in [0.4, 0.5) is 0 Å². The number of carboxylic acid groups (broad SMARTS) is 1. The van der Waals surface area contributed by atoms with Crippen molar-refractivity contribution in [1.29, 1.82) is 0 Å². The number of carbonyl (C=O) groups is 2. The first-order valence-corrected chi connectivity index (χ1v) is 4.80. The van der Waals surface area contributed by atoms with Gasteiger partial charge in [-0.1, -0.05) is 28.1 Å². The minimum atomic E-state index is -1.11. The van der Waals surface area contributed by atoms with Crippen LogP contribution in [0.25, 0.3) is 0 Å². The van der Waals surface area contributed by atoms with Gasteiger partial charge in [-0.15, -0.1) is 0 Å². The summed E-state index contributed by atoms with van der Waals surface area (Å²) in [5.41, 5.74) is 0.508. The van der Waals surface area contributed by atoms with E-state index >= 15 is 0 Å². The highest BCUT2D eigenvalue weighted by atomic mass is 79.9. The van der Waals surface area contributed by atoms with Crippen molar-refractivity contribution in [2.24, 2.45) is 0 Å². The van der Waals surface area contributed by atoms with Gasteiger partial charge in [0, 0.05) is 4.47 Å². The zero-order valence-electron chi connectivity index (χ0n) is 7.53. The van der Waals surface area contributed by atoms with E-state index < -0.39 is 11.9 Å². The molecule has 1 aromatic carbocycles. The summed E-state index contributed by atoms with van der Waals surface area (Å²) in [5, 5.41) is 8.83. The van der Waals surface area contributed by atoms with Gasteiger partial charge in [0.15, 0.2) is 0 Å². The van der Waals surface area contributed by atoms with E-state index in [1.807, 2.05) is 0 Å². The molecule has 0 spiro atoms. The lowest BCUT2D eigenvalue weighted by molar-refractivity contribution is -0.142. The van der Waals surface area contributed by atoms with Gasteiger partial charge in [0.2, 0.25) is 0 Å². The molecule has 0 amide bonds. The largest absolute Gasteiger partial charge is 0.480 e. The summed E-state index contributed by atoms with van der Waals surface area (Å²) in [4.78, 5) is 21.9. The molecule has 0 aliphatic heterocycles. The maximum Gasteiger partial charge on any atom is 0.318 e. The fourth-order valence-corrected chi connectivity index (χ4v) is 1.47. The lowest BCUT2D eigenvalue weighted by Crippen LogP contribution is -2.18. The Morgan fingerprint density at radius 3 is 2.14 bits per heavy atom. The van der Waals surface area contributed by atoms with Crippen molar-refractivity contribution in [2.75, 3.05) is 0 Å². The van der Waals surface area contributed by atoms with Crippen molar-refractivity contribution in [3.63, 3.8) is 0 Å². The number of carboxylic acids is 1. The van der Waals surface area contributed by atoms with Crippen LogP contribution in [-0.4, -0.2) is 16.9 Å². The van der Waals surface area contributed by atoms with E-state index in [9.17, 15) is 9.59 Å². The van der Waals surface area contributed by atoms with Crippen LogP contribution in [0.1, 0.15) is 18.4 Å². The molecule has 1 N–H and O–H groups in total. The quantitative estimate of drug-likeness (QED) is 0.844. The number of aliphatic carboxylic acids is 1. The first-order chi connectivity index (χ1) is 6.52. The highest BCUT2D eigenvalue weighted by Crippen LogP contribution is 2.19. The van der Waals surface area contributed by atoms with Gasteiger partial charge in [-0.2, -0.15) is 0 Å². The molecule has 1 aromatic rings. The van der Waals surface area contributed by atoms with E-state index in [4.69, 9.17) is 5.11 Å². The van der Waals surface area contributed by atoms with Crippen molar-refractivity contribution < 1.29 is 14.7 Å². The molecular weight excluding hydrogens is 248 g/mol. The SMILES string of the molecule is CC(=O)C(C(=O)O)c1ccc(Br)cc1. The molecule has 0 aliphatic rings. The average molecular weight is 257 g/mol. The van der Waals surface area contributed by atoms with Gasteiger partial charge >= 0.3 is 5.97 Å². The van der Waals surface area contributed by atoms with Crippen LogP contribution in [0.2, 0.25) is 0 Å². The number of Topliss-reactive ketones (excluding diaryl/α,β-unsaturated/α-hetero) is 1. The van der Waals surface area contributed by atoms with Gasteiger partial charge in [-0.25, -0.2) is 0 Å². The van der Waals surface area contributed by atoms with E-state index in [1.54, 1.807) is 24.3 Å². The second-order valence-electron chi connectivity index (χ2n) is 2.93. The molecule has 0 saturated heterocycles. The topological polar surface area (TPSA) is 54.4 Å². The molecule has 0 heterocycles. The maximum atomic E-state index is 11.1. The Labute approximate surface area is 89.9 Å². The van der Waals surface area contributed by atoms with Crippen LogP contribution >= 0.6 is 15.9 Å². The Morgan fingerprint density at radius 1 is 1.29 bits per heavy atom. The summed E-state index contributed by atoms with van der Waals surface area (Å²) in [6, 6.07) is 6.69. The second kappa shape index (κ2) is 4.37. The van der Waals surface area contributed by atoms with E-state index in [0.717, 1.165) is 4.47 Å². The van der Waals surface area contributed by atoms with Crippen molar-refractivity contribution in [2.45, 2.75) is 12.8 Å². The Morgan fingerprint density at radius 2 is 1.79 bits per heavy atom. The van der Waals surface area contributed by atoms with Crippen molar-refractivity contribution in [3.05, 3.63) is 34.3 Å². The third-order valence-corrected chi connectivity index (χ3v) is 2.39. The molecule has 0 aliphatic carbocycles. The Hall–Kier alpha value is -1.16. The molecule has 1 rings (SSSR count). The summed E-state index contributed by atoms with van der Waals surface area (Å²) >= 11 is 3.24. The van der Waals surface area contributed by atoms with E-state index in [2.05, 4.69) is 15.9 Å². The molecule has 3 nitrogen and oxygen atoms in total. The van der Waals surface area contributed by atoms with Crippen LogP contribution in [0.3, 0.4) is 0 Å². The third-order valence-electron chi connectivity index (χ3n) is 1.86. The zero-order valence-corrected chi connectivity index (χ0v) is 9.11. The van der Waals surface area contributed by atoms with E-state index in [1.165, 1.54) is 6.92 Å². The van der Waals surface area contributed by atoms with Crippen LogP contribution in [0.5, 0.6) is 0 Å². The number of rotatable bonds is 3. The van der Waals surface area contributed by atoms with Crippen LogP contribution < -0.4 is 0 Å². The molecule has 4 heteroatoms. The Balaban J connectivity index is 3.06. The first kappa shape index (κ1) is 10.9. The van der Waals surface area contributed by atoms with Gasteiger partial charge in [-0.05, 0) is 24.6 Å². The number of benzene rings is 1. The minimum Gasteiger partial charge on any atom is -0.480 e. The number of hydrogen-bond donors (Lipinski definition) is 1. The highest BCUT2D eigenvalue weighted by Gasteiger charge is 2.24. The average Bonchev–Trinajstić information content (AvgIpc) is 2.07. The van der Waals surface area contributed by atoms with Crippen molar-refractivity contribution >= 4 is 27.7 Å². The highest BCUT2D eigenvalue weighted by molar-refractivity contribution is 9.10. The third kappa shape index (κ3) is 2.42. The Bertz CT molecular complexity index is 342. The molecule has 1 atom stereocenters. The molecule has 14 heavy (non-hydrogen) atoms. The van der Waals surface area contributed by atoms with Gasteiger partial charge < -0.3 is 5.11 Å². The summed E-state index contributed by atoms with van der Waals surface area (Å²) in [6.45, 7) is 1.28. The molecule has 74 valence electrons. The number of halogens is 1. The first-order valence-electron chi connectivity index (χ1n) is 4.01. The number of carbonyl (C=O) groups excluding carboxylic acids is 1. The van der Waals surface area contributed by atoms with Crippen molar-refractivity contribution in [3.8, 4) is 0 Å². The lowest BCUT2D eigenvalue weighted by atomic mass is 9.96. The van der Waals surface area contributed by atoms with Crippen LogP contribution in [0.15, 0.2) is 28.7 Å². The molecule has 0 radical (unpaired) electrons. The zero-order chi connectivity index (χ0) is 10.7. The van der Waals surface area contributed by atoms with Gasteiger partial charge in [-0.3, -0.25) is 9.59 Å². The second-order valence-corrected chi connectivity index (χ2v) is 3.85. The summed E-state index contributed by atoms with van der Waals surface area (Å²) in [6.07, 6.45) is 0.